The first-order valence-corrected chi connectivity index (χ1v) is 7.29. The molecule has 2 N–H and O–H groups in total. The van der Waals surface area contributed by atoms with Crippen molar-refractivity contribution in [2.45, 2.75) is 5.03 Å². The summed E-state index contributed by atoms with van der Waals surface area (Å²) >= 11 is 0. The number of nitrogen functional groups attached to an aromatic ring is 1. The summed E-state index contributed by atoms with van der Waals surface area (Å²) in [5, 5.41) is 18.5. The van der Waals surface area contributed by atoms with Crippen LogP contribution < -0.4 is 5.73 Å². The molecule has 1 unspecified atom stereocenters. The third-order valence-electron chi connectivity index (χ3n) is 2.83. The zero-order chi connectivity index (χ0) is 15.6. The number of nitrogens with zero attached hydrogens (tertiary/aromatic N) is 3. The van der Waals surface area contributed by atoms with Crippen LogP contribution in [0.15, 0.2) is 29.3 Å². The first kappa shape index (κ1) is 14.6. The van der Waals surface area contributed by atoms with Crippen molar-refractivity contribution >= 4 is 16.6 Å². The van der Waals surface area contributed by atoms with Crippen molar-refractivity contribution in [3.8, 4) is 23.3 Å². The number of rotatable bonds is 2. The Kier molecular flexibility index (Phi) is 3.97. The Morgan fingerprint density at radius 2 is 1.86 bits per heavy atom. The summed E-state index contributed by atoms with van der Waals surface area (Å²) in [5.41, 5.74) is 5.54. The van der Waals surface area contributed by atoms with Gasteiger partial charge in [-0.15, -0.1) is 0 Å². The minimum Gasteiger partial charge on any atom is -0.383 e. The number of anilines is 1. The molecule has 1 aromatic carbocycles. The third kappa shape index (κ3) is 2.47. The van der Waals surface area contributed by atoms with E-state index in [-0.39, 0.29) is 33.1 Å². The van der Waals surface area contributed by atoms with Crippen molar-refractivity contribution in [2.24, 2.45) is 0 Å². The van der Waals surface area contributed by atoms with E-state index in [9.17, 15) is 19.1 Å². The van der Waals surface area contributed by atoms with Gasteiger partial charge in [-0.3, -0.25) is 4.21 Å². The van der Waals surface area contributed by atoms with E-state index in [1.165, 1.54) is 24.5 Å². The molecule has 2 aromatic rings. The van der Waals surface area contributed by atoms with E-state index in [0.717, 1.165) is 0 Å². The van der Waals surface area contributed by atoms with Crippen LogP contribution in [0, 0.1) is 28.5 Å². The molecule has 0 saturated heterocycles. The molecular weight excluding hydrogens is 291 g/mol. The second-order valence-electron chi connectivity index (χ2n) is 4.08. The molecule has 5 nitrogen and oxygen atoms in total. The summed E-state index contributed by atoms with van der Waals surface area (Å²) < 4.78 is 25.7. The molecule has 0 aliphatic rings. The van der Waals surface area contributed by atoms with Gasteiger partial charge < -0.3 is 5.73 Å². The van der Waals surface area contributed by atoms with Gasteiger partial charge in [0.1, 0.15) is 34.4 Å². The van der Waals surface area contributed by atoms with Gasteiger partial charge in [0.2, 0.25) is 0 Å². The van der Waals surface area contributed by atoms with Crippen LogP contribution in [0.1, 0.15) is 11.1 Å². The number of pyridine rings is 1. The van der Waals surface area contributed by atoms with E-state index in [1.54, 1.807) is 6.07 Å². The first-order chi connectivity index (χ1) is 10.0. The molecule has 0 bridgehead atoms. The van der Waals surface area contributed by atoms with Crippen molar-refractivity contribution in [1.82, 2.24) is 4.98 Å². The molecule has 104 valence electrons. The van der Waals surface area contributed by atoms with Crippen molar-refractivity contribution in [3.05, 3.63) is 41.2 Å². The molecule has 0 amide bonds. The molecule has 21 heavy (non-hydrogen) atoms. The summed E-state index contributed by atoms with van der Waals surface area (Å²) in [4.78, 5) is 3.84. The lowest BCUT2D eigenvalue weighted by Crippen LogP contribution is -2.07. The number of benzene rings is 1. The molecule has 0 radical (unpaired) electrons. The standard InChI is InChI=1S/C14H9FN4OS/c1-21(20)14-10(7-17)12(9(6-16)13(18)19-14)8-4-2-3-5-11(8)15/h2-5H,1H3,(H2,18,19). The molecule has 0 aliphatic carbocycles. The fraction of sp³-hybridized carbons (Fsp3) is 0.0714. The molecule has 7 heteroatoms. The SMILES string of the molecule is CS(=O)c1nc(N)c(C#N)c(-c2ccccc2F)c1C#N. The Hall–Kier alpha value is -2.77. The molecule has 1 aromatic heterocycles. The summed E-state index contributed by atoms with van der Waals surface area (Å²) in [7, 11) is -1.60. The minimum absolute atomic E-state index is 0.0239. The molecule has 1 heterocycles. The van der Waals surface area contributed by atoms with Gasteiger partial charge in [0.15, 0.2) is 0 Å². The number of hydrogen-bond donors (Lipinski definition) is 1. The van der Waals surface area contributed by atoms with E-state index in [0.29, 0.717) is 0 Å². The van der Waals surface area contributed by atoms with E-state index >= 15 is 0 Å². The first-order valence-electron chi connectivity index (χ1n) is 5.73. The van der Waals surface area contributed by atoms with Crippen LogP contribution >= 0.6 is 0 Å². The van der Waals surface area contributed by atoms with E-state index in [2.05, 4.69) is 4.98 Å². The van der Waals surface area contributed by atoms with E-state index in [4.69, 9.17) is 5.73 Å². The Balaban J connectivity index is 3.00. The second-order valence-corrected chi connectivity index (χ2v) is 5.38. The number of nitrogens with two attached hydrogens (primary N) is 1. The number of halogens is 1. The van der Waals surface area contributed by atoms with Crippen molar-refractivity contribution in [3.63, 3.8) is 0 Å². The predicted molar refractivity (Wildman–Crippen MR) is 75.8 cm³/mol. The Bertz CT molecular complexity index is 836. The summed E-state index contributed by atoms with van der Waals surface area (Å²) in [6, 6.07) is 9.36. The minimum atomic E-state index is -1.60. The van der Waals surface area contributed by atoms with Gasteiger partial charge in [0.05, 0.1) is 16.4 Å². The zero-order valence-corrected chi connectivity index (χ0v) is 11.7. The van der Waals surface area contributed by atoms with Crippen molar-refractivity contribution in [1.29, 1.82) is 10.5 Å². The smallest absolute Gasteiger partial charge is 0.147 e. The molecule has 0 aliphatic heterocycles. The monoisotopic (exact) mass is 300 g/mol. The third-order valence-corrected chi connectivity index (χ3v) is 3.67. The van der Waals surface area contributed by atoms with Gasteiger partial charge in [-0.05, 0) is 6.07 Å². The highest BCUT2D eigenvalue weighted by molar-refractivity contribution is 7.84. The highest BCUT2D eigenvalue weighted by atomic mass is 32.2. The average molecular weight is 300 g/mol. The molecule has 0 spiro atoms. The van der Waals surface area contributed by atoms with Gasteiger partial charge in [-0.2, -0.15) is 10.5 Å². The Labute approximate surface area is 122 Å². The highest BCUT2D eigenvalue weighted by Crippen LogP contribution is 2.34. The van der Waals surface area contributed by atoms with E-state index in [1.807, 2.05) is 12.1 Å². The van der Waals surface area contributed by atoms with Gasteiger partial charge in [0, 0.05) is 17.4 Å². The van der Waals surface area contributed by atoms with Gasteiger partial charge >= 0.3 is 0 Å². The lowest BCUT2D eigenvalue weighted by molar-refractivity contribution is 0.631. The summed E-state index contributed by atoms with van der Waals surface area (Å²) in [6.45, 7) is 0. The van der Waals surface area contributed by atoms with E-state index < -0.39 is 16.6 Å². The van der Waals surface area contributed by atoms with Crippen LogP contribution in [0.5, 0.6) is 0 Å². The quantitative estimate of drug-likeness (QED) is 0.912. The van der Waals surface area contributed by atoms with Gasteiger partial charge in [-0.1, -0.05) is 18.2 Å². The molecule has 2 rings (SSSR count). The lowest BCUT2D eigenvalue weighted by atomic mass is 9.96. The van der Waals surface area contributed by atoms with Crippen molar-refractivity contribution < 1.29 is 8.60 Å². The molecule has 1 atom stereocenters. The van der Waals surface area contributed by atoms with Crippen LogP contribution in [0.2, 0.25) is 0 Å². The Morgan fingerprint density at radius 1 is 1.24 bits per heavy atom. The lowest BCUT2D eigenvalue weighted by Gasteiger charge is -2.12. The maximum Gasteiger partial charge on any atom is 0.147 e. The summed E-state index contributed by atoms with van der Waals surface area (Å²) in [5.74, 6) is -0.788. The highest BCUT2D eigenvalue weighted by Gasteiger charge is 2.23. The fourth-order valence-electron chi connectivity index (χ4n) is 1.94. The zero-order valence-electron chi connectivity index (χ0n) is 10.9. The normalized spacial score (nSPS) is 11.4. The topological polar surface area (TPSA) is 104 Å². The largest absolute Gasteiger partial charge is 0.383 e. The average Bonchev–Trinajstić information content (AvgIpc) is 2.46. The van der Waals surface area contributed by atoms with Crippen LogP contribution in [0.25, 0.3) is 11.1 Å². The van der Waals surface area contributed by atoms with Crippen LogP contribution in [0.4, 0.5) is 10.2 Å². The van der Waals surface area contributed by atoms with Crippen molar-refractivity contribution in [2.75, 3.05) is 12.0 Å². The maximum absolute atomic E-state index is 14.0. The van der Waals surface area contributed by atoms with Crippen LogP contribution in [-0.2, 0) is 10.8 Å². The van der Waals surface area contributed by atoms with Gasteiger partial charge in [0.25, 0.3) is 0 Å². The van der Waals surface area contributed by atoms with Crippen LogP contribution in [0.3, 0.4) is 0 Å². The number of nitriles is 2. The Morgan fingerprint density at radius 3 is 2.38 bits per heavy atom. The summed E-state index contributed by atoms with van der Waals surface area (Å²) in [6.07, 6.45) is 1.33. The molecule has 0 saturated carbocycles. The number of aromatic nitrogens is 1. The predicted octanol–water partition coefficient (Wildman–Crippen LogP) is 1.95. The molecule has 0 fully saturated rings. The molecular formula is C14H9FN4OS. The van der Waals surface area contributed by atoms with Crippen LogP contribution in [-0.4, -0.2) is 15.4 Å². The fourth-order valence-corrected chi connectivity index (χ4v) is 2.60. The van der Waals surface area contributed by atoms with Gasteiger partial charge in [-0.25, -0.2) is 9.37 Å². The maximum atomic E-state index is 14.0. The number of hydrogen-bond acceptors (Lipinski definition) is 5. The second kappa shape index (κ2) is 5.70.